The molecule has 2 aliphatic rings. The summed E-state index contributed by atoms with van der Waals surface area (Å²) >= 11 is 0. The number of hydrogen-bond donors (Lipinski definition) is 2. The number of nitrogens with zero attached hydrogens (tertiary/aromatic N) is 3. The van der Waals surface area contributed by atoms with Gasteiger partial charge in [0.15, 0.2) is 5.96 Å². The van der Waals surface area contributed by atoms with Gasteiger partial charge in [-0.3, -0.25) is 14.7 Å². The fourth-order valence-electron chi connectivity index (χ4n) is 2.35. The molecule has 2 saturated heterocycles. The zero-order chi connectivity index (χ0) is 13.7. The quantitative estimate of drug-likeness (QED) is 0.418. The van der Waals surface area contributed by atoms with Crippen LogP contribution in [0.25, 0.3) is 0 Å². The van der Waals surface area contributed by atoms with E-state index < -0.39 is 0 Å². The Labute approximate surface area is 112 Å². The maximum atomic E-state index is 11.4. The van der Waals surface area contributed by atoms with E-state index in [2.05, 4.69) is 15.2 Å². The van der Waals surface area contributed by atoms with Crippen LogP contribution < -0.4 is 11.1 Å². The molecule has 19 heavy (non-hydrogen) atoms. The van der Waals surface area contributed by atoms with E-state index >= 15 is 0 Å². The van der Waals surface area contributed by atoms with E-state index in [9.17, 15) is 9.59 Å². The third-order valence-electron chi connectivity index (χ3n) is 3.46. The van der Waals surface area contributed by atoms with Gasteiger partial charge in [-0.2, -0.15) is 0 Å². The second-order valence-electron chi connectivity index (χ2n) is 4.85. The molecule has 2 aliphatic heterocycles. The molecule has 0 radical (unpaired) electrons. The van der Waals surface area contributed by atoms with Gasteiger partial charge in [0, 0.05) is 13.1 Å². The second kappa shape index (κ2) is 6.40. The Morgan fingerprint density at radius 1 is 1.21 bits per heavy atom. The normalized spacial score (nSPS) is 21.6. The van der Waals surface area contributed by atoms with Gasteiger partial charge in [-0.25, -0.2) is 4.79 Å². The van der Waals surface area contributed by atoms with Crippen LogP contribution in [0.3, 0.4) is 0 Å². The fourth-order valence-corrected chi connectivity index (χ4v) is 2.35. The number of amides is 3. The smallest absolute Gasteiger partial charge is 0.324 e. The maximum Gasteiger partial charge on any atom is 0.324 e. The van der Waals surface area contributed by atoms with E-state index in [1.54, 1.807) is 0 Å². The van der Waals surface area contributed by atoms with E-state index in [0.29, 0.717) is 19.0 Å². The predicted octanol–water partition coefficient (Wildman–Crippen LogP) is -0.271. The molecule has 7 nitrogen and oxygen atoms in total. The highest BCUT2D eigenvalue weighted by atomic mass is 16.2. The molecule has 3 amide bonds. The van der Waals surface area contributed by atoms with Crippen molar-refractivity contribution < 1.29 is 9.59 Å². The van der Waals surface area contributed by atoms with Gasteiger partial charge >= 0.3 is 6.03 Å². The molecule has 0 aromatic rings. The standard InChI is InChI=1S/C12H21N5O2/c13-11(16-6-3-1-2-4-7-16)14-5-8-17-10(18)9-15-12(17)19/h1-9H2,(H2,13,14)(H,15,19). The van der Waals surface area contributed by atoms with Gasteiger partial charge in [0.1, 0.15) is 0 Å². The minimum atomic E-state index is -0.339. The number of guanidine groups is 1. The van der Waals surface area contributed by atoms with E-state index in [-0.39, 0.29) is 18.5 Å². The summed E-state index contributed by atoms with van der Waals surface area (Å²) in [4.78, 5) is 30.2. The van der Waals surface area contributed by atoms with Crippen LogP contribution in [0, 0.1) is 0 Å². The van der Waals surface area contributed by atoms with Crippen LogP contribution in [0.1, 0.15) is 25.7 Å². The molecule has 0 aliphatic carbocycles. The lowest BCUT2D eigenvalue weighted by Gasteiger charge is -2.21. The Kier molecular flexibility index (Phi) is 4.59. The third kappa shape index (κ3) is 3.59. The molecule has 0 bridgehead atoms. The van der Waals surface area contributed by atoms with Crippen molar-refractivity contribution in [3.63, 3.8) is 0 Å². The van der Waals surface area contributed by atoms with Gasteiger partial charge in [0.25, 0.3) is 0 Å². The summed E-state index contributed by atoms with van der Waals surface area (Å²) in [6.45, 7) is 2.63. The summed E-state index contributed by atoms with van der Waals surface area (Å²) in [7, 11) is 0. The maximum absolute atomic E-state index is 11.4. The van der Waals surface area contributed by atoms with Gasteiger partial charge in [0.05, 0.1) is 19.6 Å². The van der Waals surface area contributed by atoms with Gasteiger partial charge in [0.2, 0.25) is 5.91 Å². The van der Waals surface area contributed by atoms with E-state index in [0.717, 1.165) is 25.9 Å². The summed E-state index contributed by atoms with van der Waals surface area (Å²) in [5.74, 6) is 0.322. The van der Waals surface area contributed by atoms with E-state index in [1.165, 1.54) is 17.7 Å². The topological polar surface area (TPSA) is 91.0 Å². The van der Waals surface area contributed by atoms with Crippen molar-refractivity contribution in [1.29, 1.82) is 0 Å². The summed E-state index contributed by atoms with van der Waals surface area (Å²) in [5.41, 5.74) is 5.94. The highest BCUT2D eigenvalue weighted by Crippen LogP contribution is 2.09. The average Bonchev–Trinajstić information content (AvgIpc) is 2.64. The van der Waals surface area contributed by atoms with Crippen LogP contribution in [-0.4, -0.2) is 60.4 Å². The lowest BCUT2D eigenvalue weighted by Crippen LogP contribution is -2.39. The molecule has 2 rings (SSSR count). The van der Waals surface area contributed by atoms with E-state index in [4.69, 9.17) is 5.73 Å². The number of hydrogen-bond acceptors (Lipinski definition) is 3. The number of likely N-dealkylation sites (tertiary alicyclic amines) is 1. The lowest BCUT2D eigenvalue weighted by atomic mass is 10.2. The third-order valence-corrected chi connectivity index (χ3v) is 3.46. The van der Waals surface area contributed by atoms with Crippen molar-refractivity contribution in [2.24, 2.45) is 10.7 Å². The summed E-state index contributed by atoms with van der Waals surface area (Å²) in [5, 5.41) is 2.48. The molecule has 0 spiro atoms. The molecule has 2 heterocycles. The first-order chi connectivity index (χ1) is 9.18. The Hall–Kier alpha value is -1.79. The molecule has 0 atom stereocenters. The van der Waals surface area contributed by atoms with Crippen molar-refractivity contribution in [2.45, 2.75) is 25.7 Å². The predicted molar refractivity (Wildman–Crippen MR) is 71.6 cm³/mol. The Morgan fingerprint density at radius 2 is 1.89 bits per heavy atom. The molecule has 0 aromatic heterocycles. The number of nitrogens with one attached hydrogen (secondary N) is 1. The molecular formula is C12H21N5O2. The van der Waals surface area contributed by atoms with Gasteiger partial charge in [-0.05, 0) is 12.8 Å². The van der Waals surface area contributed by atoms with E-state index in [1.807, 2.05) is 0 Å². The van der Waals surface area contributed by atoms with Crippen molar-refractivity contribution >= 4 is 17.9 Å². The minimum Gasteiger partial charge on any atom is -0.370 e. The Bertz CT molecular complexity index is 358. The lowest BCUT2D eigenvalue weighted by molar-refractivity contribution is -0.124. The van der Waals surface area contributed by atoms with Crippen molar-refractivity contribution in [3.8, 4) is 0 Å². The van der Waals surface area contributed by atoms with Crippen LogP contribution in [0.4, 0.5) is 4.79 Å². The van der Waals surface area contributed by atoms with Crippen molar-refractivity contribution in [1.82, 2.24) is 15.1 Å². The Morgan fingerprint density at radius 3 is 2.47 bits per heavy atom. The van der Waals surface area contributed by atoms with Crippen LogP contribution in [0.2, 0.25) is 0 Å². The number of carbonyl (C=O) groups is 2. The van der Waals surface area contributed by atoms with Crippen LogP contribution >= 0.6 is 0 Å². The molecule has 2 fully saturated rings. The number of urea groups is 1. The average molecular weight is 267 g/mol. The molecule has 0 aromatic carbocycles. The highest BCUT2D eigenvalue weighted by molar-refractivity contribution is 6.01. The number of nitrogens with two attached hydrogens (primary N) is 1. The molecular weight excluding hydrogens is 246 g/mol. The molecule has 7 heteroatoms. The van der Waals surface area contributed by atoms with Crippen molar-refractivity contribution in [2.75, 3.05) is 32.7 Å². The van der Waals surface area contributed by atoms with Crippen molar-refractivity contribution in [3.05, 3.63) is 0 Å². The minimum absolute atomic E-state index is 0.0875. The summed E-state index contributed by atoms with van der Waals surface area (Å²) in [6.07, 6.45) is 4.77. The largest absolute Gasteiger partial charge is 0.370 e. The monoisotopic (exact) mass is 267 g/mol. The molecule has 3 N–H and O–H groups in total. The van der Waals surface area contributed by atoms with Crippen LogP contribution in [-0.2, 0) is 4.79 Å². The highest BCUT2D eigenvalue weighted by Gasteiger charge is 2.27. The zero-order valence-electron chi connectivity index (χ0n) is 11.1. The number of carbonyl (C=O) groups excluding carboxylic acids is 2. The first-order valence-electron chi connectivity index (χ1n) is 6.81. The number of imide groups is 1. The van der Waals surface area contributed by atoms with Crippen LogP contribution in [0.5, 0.6) is 0 Å². The molecule has 106 valence electrons. The SMILES string of the molecule is NC(=NCCN1C(=O)CNC1=O)N1CCCCCC1. The first-order valence-corrected chi connectivity index (χ1v) is 6.81. The first kappa shape index (κ1) is 13.6. The molecule has 0 saturated carbocycles. The summed E-state index contributed by atoms with van der Waals surface area (Å²) < 4.78 is 0. The number of aliphatic imine (C=N–C) groups is 1. The van der Waals surface area contributed by atoms with Gasteiger partial charge in [-0.15, -0.1) is 0 Å². The van der Waals surface area contributed by atoms with Crippen LogP contribution in [0.15, 0.2) is 4.99 Å². The Balaban J connectivity index is 1.80. The summed E-state index contributed by atoms with van der Waals surface area (Å²) in [6, 6.07) is -0.339. The van der Waals surface area contributed by atoms with Gasteiger partial charge < -0.3 is 16.0 Å². The van der Waals surface area contributed by atoms with Gasteiger partial charge in [-0.1, -0.05) is 12.8 Å². The molecule has 0 unspecified atom stereocenters. The zero-order valence-corrected chi connectivity index (χ0v) is 11.1. The fraction of sp³-hybridized carbons (Fsp3) is 0.750. The second-order valence-corrected chi connectivity index (χ2v) is 4.85. The number of rotatable bonds is 3.